The molecule has 0 unspecified atom stereocenters. The standard InChI is InChI=1S/C19H23NO4S2/c1-4-5-10-24-14-8-6-13(7-9-14)11-15-17(21)20(19(25)26-15)16(12(2)3)18(22)23/h6-9,11-12,16H,4-5,10H2,1-3H3,(H,22,23)/b15-11-/t16-/m1/s1. The molecule has 0 spiro atoms. The van der Waals surface area contributed by atoms with Crippen LogP contribution in [-0.4, -0.2) is 38.9 Å². The lowest BCUT2D eigenvalue weighted by Gasteiger charge is -2.26. The molecular weight excluding hydrogens is 370 g/mol. The van der Waals surface area contributed by atoms with Crippen LogP contribution in [0, 0.1) is 5.92 Å². The van der Waals surface area contributed by atoms with Crippen LogP contribution in [0.2, 0.25) is 0 Å². The Kier molecular flexibility index (Phi) is 7.23. The van der Waals surface area contributed by atoms with Gasteiger partial charge in [-0.15, -0.1) is 0 Å². The Bertz CT molecular complexity index is 713. The van der Waals surface area contributed by atoms with Gasteiger partial charge in [0.15, 0.2) is 0 Å². The molecule has 1 heterocycles. The largest absolute Gasteiger partial charge is 0.494 e. The van der Waals surface area contributed by atoms with Gasteiger partial charge in [0.1, 0.15) is 16.1 Å². The summed E-state index contributed by atoms with van der Waals surface area (Å²) in [5.74, 6) is -0.863. The molecule has 5 nitrogen and oxygen atoms in total. The lowest BCUT2D eigenvalue weighted by Crippen LogP contribution is -2.47. The number of hydrogen-bond acceptors (Lipinski definition) is 5. The molecule has 1 fully saturated rings. The maximum Gasteiger partial charge on any atom is 0.327 e. The quantitative estimate of drug-likeness (QED) is 0.406. The third-order valence-electron chi connectivity index (χ3n) is 3.93. The van der Waals surface area contributed by atoms with Gasteiger partial charge in [-0.2, -0.15) is 0 Å². The summed E-state index contributed by atoms with van der Waals surface area (Å²) >= 11 is 6.38. The van der Waals surface area contributed by atoms with E-state index in [4.69, 9.17) is 17.0 Å². The van der Waals surface area contributed by atoms with Gasteiger partial charge in [-0.25, -0.2) is 4.79 Å². The van der Waals surface area contributed by atoms with Crippen LogP contribution in [0.3, 0.4) is 0 Å². The molecule has 2 rings (SSSR count). The average Bonchev–Trinajstić information content (AvgIpc) is 2.84. The molecule has 26 heavy (non-hydrogen) atoms. The highest BCUT2D eigenvalue weighted by Crippen LogP contribution is 2.35. The minimum atomic E-state index is -1.05. The van der Waals surface area contributed by atoms with E-state index < -0.39 is 12.0 Å². The summed E-state index contributed by atoms with van der Waals surface area (Å²) in [6.45, 7) is 6.31. The van der Waals surface area contributed by atoms with E-state index in [0.717, 1.165) is 35.9 Å². The second kappa shape index (κ2) is 9.19. The molecule has 140 valence electrons. The van der Waals surface area contributed by atoms with Crippen molar-refractivity contribution in [3.05, 3.63) is 34.7 Å². The number of carbonyl (C=O) groups excluding carboxylic acids is 1. The zero-order valence-corrected chi connectivity index (χ0v) is 16.7. The second-order valence-corrected chi connectivity index (χ2v) is 8.03. The van der Waals surface area contributed by atoms with E-state index in [1.807, 2.05) is 24.3 Å². The van der Waals surface area contributed by atoms with Crippen molar-refractivity contribution in [1.82, 2.24) is 4.90 Å². The Morgan fingerprint density at radius 2 is 2.00 bits per heavy atom. The van der Waals surface area contributed by atoms with Crippen LogP contribution >= 0.6 is 24.0 Å². The van der Waals surface area contributed by atoms with Crippen molar-refractivity contribution >= 4 is 46.3 Å². The van der Waals surface area contributed by atoms with Crippen LogP contribution in [0.25, 0.3) is 6.08 Å². The van der Waals surface area contributed by atoms with Crippen LogP contribution in [0.4, 0.5) is 0 Å². The average molecular weight is 394 g/mol. The molecule has 0 bridgehead atoms. The maximum atomic E-state index is 12.7. The minimum absolute atomic E-state index is 0.242. The first-order valence-electron chi connectivity index (χ1n) is 8.57. The van der Waals surface area contributed by atoms with Gasteiger partial charge in [0.05, 0.1) is 11.5 Å². The normalized spacial score (nSPS) is 17.2. The minimum Gasteiger partial charge on any atom is -0.494 e. The van der Waals surface area contributed by atoms with E-state index in [9.17, 15) is 14.7 Å². The number of ether oxygens (including phenoxy) is 1. The number of thiocarbonyl (C=S) groups is 1. The fourth-order valence-electron chi connectivity index (χ4n) is 2.56. The zero-order chi connectivity index (χ0) is 19.3. The van der Waals surface area contributed by atoms with Gasteiger partial charge in [-0.1, -0.05) is 63.3 Å². The van der Waals surface area contributed by atoms with Crippen LogP contribution in [0.5, 0.6) is 5.75 Å². The molecule has 0 saturated carbocycles. The first-order chi connectivity index (χ1) is 12.3. The van der Waals surface area contributed by atoms with Crippen LogP contribution in [0.15, 0.2) is 29.2 Å². The molecule has 1 aliphatic rings. The van der Waals surface area contributed by atoms with Crippen molar-refractivity contribution in [2.24, 2.45) is 5.92 Å². The number of benzene rings is 1. The monoisotopic (exact) mass is 393 g/mol. The third kappa shape index (κ3) is 4.86. The second-order valence-electron chi connectivity index (χ2n) is 6.35. The highest BCUT2D eigenvalue weighted by Gasteiger charge is 2.41. The Morgan fingerprint density at radius 3 is 2.54 bits per heavy atom. The first-order valence-corrected chi connectivity index (χ1v) is 9.80. The molecule has 0 aliphatic carbocycles. The van der Waals surface area contributed by atoms with Gasteiger partial charge in [-0.3, -0.25) is 9.69 Å². The molecule has 1 aromatic carbocycles. The smallest absolute Gasteiger partial charge is 0.327 e. The lowest BCUT2D eigenvalue weighted by molar-refractivity contribution is -0.146. The summed E-state index contributed by atoms with van der Waals surface area (Å²) in [5.41, 5.74) is 0.838. The summed E-state index contributed by atoms with van der Waals surface area (Å²) in [4.78, 5) is 25.8. The van der Waals surface area contributed by atoms with Crippen molar-refractivity contribution in [3.63, 3.8) is 0 Å². The summed E-state index contributed by atoms with van der Waals surface area (Å²) in [6.07, 6.45) is 3.81. The zero-order valence-electron chi connectivity index (χ0n) is 15.1. The fraction of sp³-hybridized carbons (Fsp3) is 0.421. The first kappa shape index (κ1) is 20.5. The summed E-state index contributed by atoms with van der Waals surface area (Å²) in [6, 6.07) is 6.49. The van der Waals surface area contributed by atoms with Crippen LogP contribution in [0.1, 0.15) is 39.2 Å². The third-order valence-corrected chi connectivity index (χ3v) is 5.26. The molecule has 7 heteroatoms. The molecular formula is C19H23NO4S2. The van der Waals surface area contributed by atoms with Gasteiger partial charge in [0, 0.05) is 0 Å². The number of rotatable bonds is 8. The van der Waals surface area contributed by atoms with E-state index in [1.165, 1.54) is 4.90 Å². The van der Waals surface area contributed by atoms with Gasteiger partial charge in [0.25, 0.3) is 5.91 Å². The predicted octanol–water partition coefficient (Wildman–Crippen LogP) is 4.18. The number of carboxylic acid groups (broad SMARTS) is 1. The van der Waals surface area contributed by atoms with Crippen molar-refractivity contribution < 1.29 is 19.4 Å². The summed E-state index contributed by atoms with van der Waals surface area (Å²) in [7, 11) is 0. The molecule has 0 radical (unpaired) electrons. The molecule has 1 aliphatic heterocycles. The highest BCUT2D eigenvalue weighted by molar-refractivity contribution is 8.26. The number of amides is 1. The van der Waals surface area contributed by atoms with Crippen LogP contribution in [-0.2, 0) is 9.59 Å². The van der Waals surface area contributed by atoms with E-state index in [0.29, 0.717) is 11.5 Å². The number of thioether (sulfide) groups is 1. The predicted molar refractivity (Wildman–Crippen MR) is 108 cm³/mol. The number of carboxylic acids is 1. The SMILES string of the molecule is CCCCOc1ccc(/C=C2\SC(=S)N([C@@H](C(=O)O)C(C)C)C2=O)cc1. The van der Waals surface area contributed by atoms with E-state index in [2.05, 4.69) is 6.92 Å². The molecule has 1 saturated heterocycles. The van der Waals surface area contributed by atoms with E-state index in [1.54, 1.807) is 19.9 Å². The number of hydrogen-bond donors (Lipinski definition) is 1. The number of carbonyl (C=O) groups is 2. The van der Waals surface area contributed by atoms with Gasteiger partial charge < -0.3 is 9.84 Å². The van der Waals surface area contributed by atoms with Crippen molar-refractivity contribution in [2.45, 2.75) is 39.7 Å². The Balaban J connectivity index is 2.15. The molecule has 0 aromatic heterocycles. The van der Waals surface area contributed by atoms with Crippen molar-refractivity contribution in [1.29, 1.82) is 0 Å². The fourth-order valence-corrected chi connectivity index (χ4v) is 3.89. The van der Waals surface area contributed by atoms with E-state index in [-0.39, 0.29) is 16.1 Å². The lowest BCUT2D eigenvalue weighted by atomic mass is 10.0. The molecule has 1 atom stereocenters. The van der Waals surface area contributed by atoms with Gasteiger partial charge in [-0.05, 0) is 36.1 Å². The van der Waals surface area contributed by atoms with Crippen molar-refractivity contribution in [2.75, 3.05) is 6.61 Å². The Hall–Kier alpha value is -1.86. The van der Waals surface area contributed by atoms with Crippen molar-refractivity contribution in [3.8, 4) is 5.75 Å². The molecule has 1 N–H and O–H groups in total. The summed E-state index contributed by atoms with van der Waals surface area (Å²) < 4.78 is 5.90. The molecule has 1 amide bonds. The molecule has 1 aromatic rings. The van der Waals surface area contributed by atoms with Gasteiger partial charge >= 0.3 is 5.97 Å². The highest BCUT2D eigenvalue weighted by atomic mass is 32.2. The topological polar surface area (TPSA) is 66.8 Å². The summed E-state index contributed by atoms with van der Waals surface area (Å²) in [5, 5.41) is 9.44. The van der Waals surface area contributed by atoms with Crippen LogP contribution < -0.4 is 4.74 Å². The number of nitrogens with zero attached hydrogens (tertiary/aromatic N) is 1. The van der Waals surface area contributed by atoms with Gasteiger partial charge in [0.2, 0.25) is 0 Å². The van der Waals surface area contributed by atoms with E-state index >= 15 is 0 Å². The Morgan fingerprint density at radius 1 is 1.35 bits per heavy atom. The number of unbranched alkanes of at least 4 members (excludes halogenated alkanes) is 1. The number of aliphatic carboxylic acids is 1. The Labute approximate surface area is 163 Å². The maximum absolute atomic E-state index is 12.7.